The van der Waals surface area contributed by atoms with Gasteiger partial charge in [0.1, 0.15) is 11.8 Å². The highest BCUT2D eigenvalue weighted by atomic mass is 19.4. The molecule has 0 saturated heterocycles. The van der Waals surface area contributed by atoms with E-state index in [0.29, 0.717) is 0 Å². The van der Waals surface area contributed by atoms with Gasteiger partial charge in [-0.3, -0.25) is 0 Å². The molecule has 1 aromatic rings. The van der Waals surface area contributed by atoms with E-state index in [9.17, 15) is 13.2 Å². The van der Waals surface area contributed by atoms with E-state index in [1.54, 1.807) is 6.07 Å². The van der Waals surface area contributed by atoms with Crippen LogP contribution >= 0.6 is 0 Å². The lowest BCUT2D eigenvalue weighted by molar-refractivity contribution is -0.275. The zero-order valence-electron chi connectivity index (χ0n) is 7.38. The number of nitriles is 1. The Bertz CT molecular complexity index is 397. The molecule has 2 N–H and O–H groups in total. The summed E-state index contributed by atoms with van der Waals surface area (Å²) in [5.41, 5.74) is 5.06. The van der Waals surface area contributed by atoms with E-state index in [2.05, 4.69) is 9.72 Å². The van der Waals surface area contributed by atoms with Crippen LogP contribution in [0, 0.1) is 11.3 Å². The second-order valence-corrected chi connectivity index (χ2v) is 2.51. The van der Waals surface area contributed by atoms with Gasteiger partial charge >= 0.3 is 6.36 Å². The van der Waals surface area contributed by atoms with Crippen molar-refractivity contribution in [3.63, 3.8) is 0 Å². The Morgan fingerprint density at radius 3 is 2.60 bits per heavy atom. The molecule has 0 unspecified atom stereocenters. The van der Waals surface area contributed by atoms with Crippen molar-refractivity contribution in [2.75, 3.05) is 0 Å². The number of alkyl halides is 3. The van der Waals surface area contributed by atoms with Crippen LogP contribution in [0.2, 0.25) is 0 Å². The van der Waals surface area contributed by atoms with Gasteiger partial charge in [0.15, 0.2) is 5.75 Å². The Morgan fingerprint density at radius 2 is 2.13 bits per heavy atom. The number of pyridine rings is 1. The maximum absolute atomic E-state index is 11.9. The van der Waals surface area contributed by atoms with Gasteiger partial charge < -0.3 is 10.5 Å². The van der Waals surface area contributed by atoms with Gasteiger partial charge in [0.05, 0.1) is 5.69 Å². The van der Waals surface area contributed by atoms with Gasteiger partial charge in [-0.15, -0.1) is 13.2 Å². The highest BCUT2D eigenvalue weighted by Crippen LogP contribution is 2.25. The monoisotopic (exact) mass is 217 g/mol. The normalized spacial score (nSPS) is 10.9. The van der Waals surface area contributed by atoms with Crippen molar-refractivity contribution in [3.05, 3.63) is 23.5 Å². The minimum absolute atomic E-state index is 0.00928. The van der Waals surface area contributed by atoms with Gasteiger partial charge in [-0.25, -0.2) is 4.98 Å². The molecule has 7 heteroatoms. The zero-order valence-corrected chi connectivity index (χ0v) is 7.38. The Labute approximate surface area is 83.1 Å². The van der Waals surface area contributed by atoms with Crippen LogP contribution in [0.5, 0.6) is 5.75 Å². The van der Waals surface area contributed by atoms with Crippen LogP contribution < -0.4 is 10.5 Å². The molecule has 0 bridgehead atoms. The predicted octanol–water partition coefficient (Wildman–Crippen LogP) is 1.31. The zero-order chi connectivity index (χ0) is 11.5. The fourth-order valence-electron chi connectivity index (χ4n) is 0.915. The molecule has 80 valence electrons. The summed E-state index contributed by atoms with van der Waals surface area (Å²) in [7, 11) is 0. The first kappa shape index (κ1) is 11.3. The molecule has 1 heterocycles. The van der Waals surface area contributed by atoms with E-state index in [0.717, 1.165) is 12.1 Å². The van der Waals surface area contributed by atoms with Crippen molar-refractivity contribution in [2.24, 2.45) is 5.73 Å². The van der Waals surface area contributed by atoms with Gasteiger partial charge in [0.2, 0.25) is 0 Å². The second kappa shape index (κ2) is 4.14. The summed E-state index contributed by atoms with van der Waals surface area (Å²) in [4.78, 5) is 3.58. The molecule has 0 aromatic carbocycles. The number of aromatic nitrogens is 1. The maximum atomic E-state index is 11.9. The minimum atomic E-state index is -4.79. The number of nitrogens with zero attached hydrogens (tertiary/aromatic N) is 2. The summed E-state index contributed by atoms with van der Waals surface area (Å²) in [6.45, 7) is -0.235. The summed E-state index contributed by atoms with van der Waals surface area (Å²) in [6.07, 6.45) is -4.79. The van der Waals surface area contributed by atoms with E-state index in [-0.39, 0.29) is 17.9 Å². The van der Waals surface area contributed by atoms with Gasteiger partial charge in [-0.2, -0.15) is 5.26 Å². The van der Waals surface area contributed by atoms with Crippen LogP contribution in [0.4, 0.5) is 13.2 Å². The number of hydrogen-bond acceptors (Lipinski definition) is 4. The Morgan fingerprint density at radius 1 is 1.47 bits per heavy atom. The lowest BCUT2D eigenvalue weighted by Gasteiger charge is -2.11. The predicted molar refractivity (Wildman–Crippen MR) is 43.5 cm³/mol. The fraction of sp³-hybridized carbons (Fsp3) is 0.250. The Hall–Kier alpha value is -1.81. The fourth-order valence-corrected chi connectivity index (χ4v) is 0.915. The number of hydrogen-bond donors (Lipinski definition) is 1. The largest absolute Gasteiger partial charge is 0.573 e. The van der Waals surface area contributed by atoms with Gasteiger partial charge in [0.25, 0.3) is 0 Å². The van der Waals surface area contributed by atoms with Crippen LogP contribution in [0.1, 0.15) is 11.4 Å². The molecule has 4 nitrogen and oxygen atoms in total. The van der Waals surface area contributed by atoms with E-state index < -0.39 is 12.1 Å². The third kappa shape index (κ3) is 3.11. The average molecular weight is 217 g/mol. The van der Waals surface area contributed by atoms with Crippen molar-refractivity contribution >= 4 is 0 Å². The molecule has 1 aromatic heterocycles. The topological polar surface area (TPSA) is 71.9 Å². The minimum Gasteiger partial charge on any atom is -0.404 e. The molecule has 0 amide bonds. The van der Waals surface area contributed by atoms with Gasteiger partial charge in [0, 0.05) is 6.54 Å². The quantitative estimate of drug-likeness (QED) is 0.810. The average Bonchev–Trinajstić information content (AvgIpc) is 2.16. The molecule has 0 atom stereocenters. The van der Waals surface area contributed by atoms with E-state index in [4.69, 9.17) is 11.0 Å². The van der Waals surface area contributed by atoms with E-state index in [1.165, 1.54) is 0 Å². The Balaban J connectivity index is 3.04. The summed E-state index contributed by atoms with van der Waals surface area (Å²) in [5.74, 6) is -0.482. The SMILES string of the molecule is N#Cc1ccc(OC(F)(F)F)c(CN)n1. The second-order valence-electron chi connectivity index (χ2n) is 2.51. The summed E-state index contributed by atoms with van der Waals surface area (Å²) in [5, 5.41) is 8.46. The summed E-state index contributed by atoms with van der Waals surface area (Å²) in [6, 6.07) is 3.83. The first-order chi connectivity index (χ1) is 6.96. The molecule has 0 aliphatic heterocycles. The summed E-state index contributed by atoms with van der Waals surface area (Å²) < 4.78 is 39.3. The molecule has 0 fully saturated rings. The van der Waals surface area contributed by atoms with Crippen molar-refractivity contribution in [1.82, 2.24) is 4.98 Å². The van der Waals surface area contributed by atoms with Crippen LogP contribution in [-0.4, -0.2) is 11.3 Å². The molecule has 0 saturated carbocycles. The van der Waals surface area contributed by atoms with Crippen LogP contribution in [0.15, 0.2) is 12.1 Å². The van der Waals surface area contributed by atoms with Crippen LogP contribution in [0.3, 0.4) is 0 Å². The highest BCUT2D eigenvalue weighted by molar-refractivity contribution is 5.33. The van der Waals surface area contributed by atoms with E-state index >= 15 is 0 Å². The van der Waals surface area contributed by atoms with Crippen LogP contribution in [0.25, 0.3) is 0 Å². The molecule has 0 spiro atoms. The first-order valence-electron chi connectivity index (χ1n) is 3.82. The molecule has 1 rings (SSSR count). The molecule has 0 radical (unpaired) electrons. The van der Waals surface area contributed by atoms with Crippen molar-refractivity contribution in [3.8, 4) is 11.8 Å². The van der Waals surface area contributed by atoms with Crippen molar-refractivity contribution < 1.29 is 17.9 Å². The first-order valence-corrected chi connectivity index (χ1v) is 3.82. The lowest BCUT2D eigenvalue weighted by Crippen LogP contribution is -2.19. The van der Waals surface area contributed by atoms with Crippen LogP contribution in [-0.2, 0) is 6.54 Å². The van der Waals surface area contributed by atoms with Crippen molar-refractivity contribution in [2.45, 2.75) is 12.9 Å². The van der Waals surface area contributed by atoms with Gasteiger partial charge in [-0.05, 0) is 12.1 Å². The lowest BCUT2D eigenvalue weighted by atomic mass is 10.3. The van der Waals surface area contributed by atoms with E-state index in [1.807, 2.05) is 0 Å². The standard InChI is InChI=1S/C8H6F3N3O/c9-8(10,11)15-7-2-1-5(3-12)14-6(7)4-13/h1-2H,4,13H2. The molecule has 15 heavy (non-hydrogen) atoms. The third-order valence-electron chi connectivity index (χ3n) is 1.47. The number of halogens is 3. The molecule has 0 aliphatic rings. The van der Waals surface area contributed by atoms with Crippen molar-refractivity contribution in [1.29, 1.82) is 5.26 Å². The molecule has 0 aliphatic carbocycles. The maximum Gasteiger partial charge on any atom is 0.573 e. The number of rotatable bonds is 2. The smallest absolute Gasteiger partial charge is 0.404 e. The number of nitrogens with two attached hydrogens (primary N) is 1. The molecular formula is C8H6F3N3O. The van der Waals surface area contributed by atoms with Gasteiger partial charge in [-0.1, -0.05) is 0 Å². The Kier molecular flexibility index (Phi) is 3.11. The molecular weight excluding hydrogens is 211 g/mol. The third-order valence-corrected chi connectivity index (χ3v) is 1.47. The highest BCUT2D eigenvalue weighted by Gasteiger charge is 2.32. The summed E-state index contributed by atoms with van der Waals surface area (Å²) >= 11 is 0. The number of ether oxygens (including phenoxy) is 1.